The van der Waals surface area contributed by atoms with Crippen LogP contribution in [0, 0.1) is 0 Å². The predicted octanol–water partition coefficient (Wildman–Crippen LogP) is 2.89. The van der Waals surface area contributed by atoms with E-state index in [0.717, 1.165) is 35.8 Å². The quantitative estimate of drug-likeness (QED) is 0.383. The first-order valence-electron chi connectivity index (χ1n) is 12.0. The molecule has 0 aliphatic rings. The van der Waals surface area contributed by atoms with Crippen LogP contribution in [0.5, 0.6) is 5.88 Å². The summed E-state index contributed by atoms with van der Waals surface area (Å²) in [5, 5.41) is 11.3. The molecule has 180 valence electrons. The zero-order valence-corrected chi connectivity index (χ0v) is 20.0. The molecule has 0 aliphatic heterocycles. The number of aryl methyl sites for hydroxylation is 1. The number of nitrogens with zero attached hydrogens (tertiary/aromatic N) is 5. The molecular formula is C25H31N5O4. The lowest BCUT2D eigenvalue weighted by atomic mass is 10.1. The van der Waals surface area contributed by atoms with Crippen LogP contribution < -0.4 is 16.8 Å². The van der Waals surface area contributed by atoms with E-state index in [0.29, 0.717) is 13.0 Å². The third-order valence-electron chi connectivity index (χ3n) is 6.33. The number of hydrogen-bond acceptors (Lipinski definition) is 5. The fraction of sp³-hybridized carbons (Fsp3) is 0.440. The van der Waals surface area contributed by atoms with E-state index in [-0.39, 0.29) is 47.0 Å². The van der Waals surface area contributed by atoms with Gasteiger partial charge in [0.05, 0.1) is 12.1 Å². The van der Waals surface area contributed by atoms with Crippen molar-refractivity contribution < 1.29 is 5.11 Å². The summed E-state index contributed by atoms with van der Waals surface area (Å²) in [5.74, 6) is -0.129. The lowest BCUT2D eigenvalue weighted by Crippen LogP contribution is -2.39. The van der Waals surface area contributed by atoms with Crippen molar-refractivity contribution >= 4 is 16.9 Å². The lowest BCUT2D eigenvalue weighted by molar-refractivity contribution is 0.432. The molecule has 9 heteroatoms. The molecule has 0 aliphatic carbocycles. The fourth-order valence-electron chi connectivity index (χ4n) is 4.51. The van der Waals surface area contributed by atoms with Crippen LogP contribution in [0.4, 0.5) is 0 Å². The normalized spacial score (nSPS) is 11.6. The first kappa shape index (κ1) is 23.5. The van der Waals surface area contributed by atoms with Crippen molar-refractivity contribution in [3.8, 4) is 5.88 Å². The zero-order chi connectivity index (χ0) is 24.4. The van der Waals surface area contributed by atoms with Gasteiger partial charge in [-0.05, 0) is 32.3 Å². The van der Waals surface area contributed by atoms with Crippen molar-refractivity contribution in [2.75, 3.05) is 0 Å². The number of unbranched alkanes of at least 4 members (excludes halogenated alkanes) is 3. The summed E-state index contributed by atoms with van der Waals surface area (Å²) < 4.78 is 5.39. The zero-order valence-electron chi connectivity index (χ0n) is 20.0. The minimum Gasteiger partial charge on any atom is -0.494 e. The molecule has 0 spiro atoms. The Morgan fingerprint density at radius 1 is 0.853 bits per heavy atom. The van der Waals surface area contributed by atoms with Gasteiger partial charge in [-0.25, -0.2) is 9.20 Å². The van der Waals surface area contributed by atoms with Gasteiger partial charge in [-0.2, -0.15) is 4.98 Å². The summed E-state index contributed by atoms with van der Waals surface area (Å²) in [6.45, 7) is 6.35. The van der Waals surface area contributed by atoms with E-state index in [1.165, 1.54) is 13.5 Å². The van der Waals surface area contributed by atoms with Crippen LogP contribution in [0.25, 0.3) is 16.9 Å². The first-order valence-corrected chi connectivity index (χ1v) is 12.0. The molecule has 0 saturated heterocycles. The summed E-state index contributed by atoms with van der Waals surface area (Å²) >= 11 is 0. The maximum Gasteiger partial charge on any atom is 0.332 e. The van der Waals surface area contributed by atoms with Crippen LogP contribution in [0.15, 0.2) is 44.7 Å². The molecule has 3 aromatic heterocycles. The second kappa shape index (κ2) is 9.70. The topological polar surface area (TPSA) is 104 Å². The van der Waals surface area contributed by atoms with Gasteiger partial charge in [0.25, 0.3) is 11.1 Å². The number of fused-ring (bicyclic) bond motifs is 3. The smallest absolute Gasteiger partial charge is 0.332 e. The minimum absolute atomic E-state index is 0.104. The van der Waals surface area contributed by atoms with Crippen molar-refractivity contribution in [2.24, 2.45) is 0 Å². The molecule has 9 nitrogen and oxygen atoms in total. The van der Waals surface area contributed by atoms with Gasteiger partial charge in [-0.15, -0.1) is 0 Å². The SMILES string of the molecule is CCCCCCc1c(O)n2c3c(=O)n(CC)c(=O)n(CC)c3nc2n(Cc2ccccc2)c1=O. The van der Waals surface area contributed by atoms with E-state index >= 15 is 0 Å². The molecule has 34 heavy (non-hydrogen) atoms. The van der Waals surface area contributed by atoms with E-state index in [9.17, 15) is 19.5 Å². The Labute approximate surface area is 196 Å². The molecule has 4 rings (SSSR count). The van der Waals surface area contributed by atoms with Crippen LogP contribution in [-0.2, 0) is 26.1 Å². The van der Waals surface area contributed by atoms with Crippen LogP contribution in [0.2, 0.25) is 0 Å². The van der Waals surface area contributed by atoms with Crippen LogP contribution in [-0.4, -0.2) is 28.2 Å². The monoisotopic (exact) mass is 465 g/mol. The summed E-state index contributed by atoms with van der Waals surface area (Å²) in [6, 6.07) is 9.49. The highest BCUT2D eigenvalue weighted by atomic mass is 16.3. The Morgan fingerprint density at radius 2 is 1.56 bits per heavy atom. The molecule has 1 N–H and O–H groups in total. The molecule has 0 amide bonds. The van der Waals surface area contributed by atoms with Gasteiger partial charge in [0.2, 0.25) is 11.7 Å². The molecule has 4 aromatic rings. The Kier molecular flexibility index (Phi) is 6.72. The van der Waals surface area contributed by atoms with Crippen molar-refractivity contribution in [1.29, 1.82) is 0 Å². The van der Waals surface area contributed by atoms with Crippen molar-refractivity contribution in [3.63, 3.8) is 0 Å². The number of hydrogen-bond donors (Lipinski definition) is 1. The standard InChI is InChI=1S/C25H31N5O4/c1-4-7-8-12-15-18-21(31)29(16-17-13-10-9-11-14-17)24-26-20-19(30(24)22(18)32)23(33)28(6-3)25(34)27(20)5-2/h9-11,13-14,32H,4-8,12,15-16H2,1-3H3. The molecule has 3 heterocycles. The largest absolute Gasteiger partial charge is 0.494 e. The van der Waals surface area contributed by atoms with Gasteiger partial charge in [0, 0.05) is 13.1 Å². The number of benzene rings is 1. The Morgan fingerprint density at radius 3 is 2.21 bits per heavy atom. The number of aromatic hydroxyl groups is 1. The van der Waals surface area contributed by atoms with Gasteiger partial charge < -0.3 is 5.11 Å². The third-order valence-corrected chi connectivity index (χ3v) is 6.33. The third kappa shape index (κ3) is 3.85. The minimum atomic E-state index is -0.531. The Hall–Kier alpha value is -3.62. The van der Waals surface area contributed by atoms with E-state index in [1.54, 1.807) is 13.8 Å². The highest BCUT2D eigenvalue weighted by Crippen LogP contribution is 2.23. The van der Waals surface area contributed by atoms with Crippen molar-refractivity contribution in [1.82, 2.24) is 23.1 Å². The van der Waals surface area contributed by atoms with E-state index < -0.39 is 11.2 Å². The van der Waals surface area contributed by atoms with E-state index in [2.05, 4.69) is 11.9 Å². The van der Waals surface area contributed by atoms with Gasteiger partial charge in [-0.1, -0.05) is 56.5 Å². The average Bonchev–Trinajstić information content (AvgIpc) is 3.23. The summed E-state index contributed by atoms with van der Waals surface area (Å²) in [5.41, 5.74) is 0.102. The summed E-state index contributed by atoms with van der Waals surface area (Å²) in [7, 11) is 0. The lowest BCUT2D eigenvalue weighted by Gasteiger charge is -2.13. The molecule has 0 saturated carbocycles. The number of aromatic nitrogens is 5. The van der Waals surface area contributed by atoms with Crippen LogP contribution >= 0.6 is 0 Å². The molecule has 0 unspecified atom stereocenters. The Balaban J connectivity index is 2.10. The molecule has 1 aromatic carbocycles. The summed E-state index contributed by atoms with van der Waals surface area (Å²) in [6.07, 6.45) is 4.18. The summed E-state index contributed by atoms with van der Waals surface area (Å²) in [4.78, 5) is 44.4. The second-order valence-corrected chi connectivity index (χ2v) is 8.49. The maximum absolute atomic E-state index is 13.6. The molecule has 0 bridgehead atoms. The van der Waals surface area contributed by atoms with Gasteiger partial charge in [0.1, 0.15) is 0 Å². The van der Waals surface area contributed by atoms with Gasteiger partial charge in [-0.3, -0.25) is 23.3 Å². The Bertz CT molecular complexity index is 1510. The molecule has 0 fully saturated rings. The first-order chi connectivity index (χ1) is 16.4. The predicted molar refractivity (Wildman–Crippen MR) is 132 cm³/mol. The second-order valence-electron chi connectivity index (χ2n) is 8.49. The van der Waals surface area contributed by atoms with Gasteiger partial charge in [0.15, 0.2) is 11.2 Å². The van der Waals surface area contributed by atoms with Gasteiger partial charge >= 0.3 is 5.69 Å². The van der Waals surface area contributed by atoms with Crippen molar-refractivity contribution in [3.05, 3.63) is 72.7 Å². The van der Waals surface area contributed by atoms with Crippen molar-refractivity contribution in [2.45, 2.75) is 72.5 Å². The maximum atomic E-state index is 13.6. The fourth-order valence-corrected chi connectivity index (χ4v) is 4.51. The van der Waals surface area contributed by atoms with E-state index in [4.69, 9.17) is 0 Å². The highest BCUT2D eigenvalue weighted by Gasteiger charge is 2.25. The number of imidazole rings is 1. The van der Waals surface area contributed by atoms with Crippen LogP contribution in [0.1, 0.15) is 57.6 Å². The average molecular weight is 466 g/mol. The van der Waals surface area contributed by atoms with Crippen LogP contribution in [0.3, 0.4) is 0 Å². The van der Waals surface area contributed by atoms with E-state index in [1.807, 2.05) is 30.3 Å². The number of rotatable bonds is 9. The molecule has 0 radical (unpaired) electrons. The molecular weight excluding hydrogens is 434 g/mol. The highest BCUT2D eigenvalue weighted by molar-refractivity contribution is 5.76. The molecule has 0 atom stereocenters.